The highest BCUT2D eigenvalue weighted by Gasteiger charge is 2.29. The molecule has 2 saturated carbocycles. The molecule has 0 aliphatic heterocycles. The lowest BCUT2D eigenvalue weighted by Gasteiger charge is -2.20. The van der Waals surface area contributed by atoms with Gasteiger partial charge in [-0.2, -0.15) is 0 Å². The molecule has 0 saturated heterocycles. The molecule has 0 radical (unpaired) electrons. The van der Waals surface area contributed by atoms with Crippen LogP contribution in [-0.2, 0) is 0 Å². The summed E-state index contributed by atoms with van der Waals surface area (Å²) in [6.07, 6.45) is 4.97. The largest absolute Gasteiger partial charge is 0.335 e. The summed E-state index contributed by atoms with van der Waals surface area (Å²) in [5.41, 5.74) is 0. The molecule has 0 aromatic carbocycles. The SMILES string of the molecule is CCN(CC1CC1)C(=O)NC1CC1. The average molecular weight is 182 g/mol. The maximum Gasteiger partial charge on any atom is 0.317 e. The van der Waals surface area contributed by atoms with Gasteiger partial charge in [0.2, 0.25) is 0 Å². The molecule has 0 spiro atoms. The predicted octanol–water partition coefficient (Wildman–Crippen LogP) is 1.59. The van der Waals surface area contributed by atoms with Crippen molar-refractivity contribution in [3.8, 4) is 0 Å². The number of carbonyl (C=O) groups is 1. The van der Waals surface area contributed by atoms with Gasteiger partial charge in [-0.15, -0.1) is 0 Å². The molecule has 0 aromatic rings. The molecule has 1 N–H and O–H groups in total. The van der Waals surface area contributed by atoms with Crippen molar-refractivity contribution < 1.29 is 4.79 Å². The summed E-state index contributed by atoms with van der Waals surface area (Å²) in [7, 11) is 0. The molecule has 0 heterocycles. The molecular formula is C10H18N2O. The second-order valence-electron chi connectivity index (χ2n) is 4.21. The summed E-state index contributed by atoms with van der Waals surface area (Å²) in [5, 5.41) is 3.02. The van der Waals surface area contributed by atoms with Crippen LogP contribution in [-0.4, -0.2) is 30.1 Å². The molecule has 3 heteroatoms. The minimum Gasteiger partial charge on any atom is -0.335 e. The normalized spacial score (nSPS) is 21.3. The smallest absolute Gasteiger partial charge is 0.317 e. The van der Waals surface area contributed by atoms with Crippen LogP contribution in [0.3, 0.4) is 0 Å². The van der Waals surface area contributed by atoms with Crippen LogP contribution in [0.5, 0.6) is 0 Å². The van der Waals surface area contributed by atoms with Gasteiger partial charge in [0.1, 0.15) is 0 Å². The number of nitrogens with one attached hydrogen (secondary N) is 1. The first-order valence-electron chi connectivity index (χ1n) is 5.35. The highest BCUT2D eigenvalue weighted by molar-refractivity contribution is 5.74. The van der Waals surface area contributed by atoms with E-state index < -0.39 is 0 Å². The number of carbonyl (C=O) groups excluding carboxylic acids is 1. The molecule has 0 unspecified atom stereocenters. The molecule has 0 atom stereocenters. The molecule has 3 nitrogen and oxygen atoms in total. The number of urea groups is 1. The molecule has 0 bridgehead atoms. The van der Waals surface area contributed by atoms with Gasteiger partial charge in [0.05, 0.1) is 0 Å². The van der Waals surface area contributed by atoms with Crippen molar-refractivity contribution in [2.45, 2.75) is 38.6 Å². The lowest BCUT2D eigenvalue weighted by molar-refractivity contribution is 0.197. The van der Waals surface area contributed by atoms with Gasteiger partial charge in [-0.3, -0.25) is 0 Å². The standard InChI is InChI=1S/C10H18N2O/c1-2-12(7-8-3-4-8)10(13)11-9-5-6-9/h8-9H,2-7H2,1H3,(H,11,13). The zero-order valence-electron chi connectivity index (χ0n) is 8.25. The van der Waals surface area contributed by atoms with Gasteiger partial charge in [-0.05, 0) is 38.5 Å². The molecule has 74 valence electrons. The lowest BCUT2D eigenvalue weighted by atomic mass is 10.4. The van der Waals surface area contributed by atoms with E-state index >= 15 is 0 Å². The van der Waals surface area contributed by atoms with Crippen molar-refractivity contribution in [1.29, 1.82) is 0 Å². The molecule has 0 aromatic heterocycles. The number of hydrogen-bond acceptors (Lipinski definition) is 1. The third-order valence-electron chi connectivity index (χ3n) is 2.75. The summed E-state index contributed by atoms with van der Waals surface area (Å²) < 4.78 is 0. The van der Waals surface area contributed by atoms with Gasteiger partial charge >= 0.3 is 6.03 Å². The zero-order valence-corrected chi connectivity index (χ0v) is 8.25. The molecule has 2 aliphatic rings. The highest BCUT2D eigenvalue weighted by atomic mass is 16.2. The Hall–Kier alpha value is -0.730. The van der Waals surface area contributed by atoms with E-state index in [0.29, 0.717) is 6.04 Å². The van der Waals surface area contributed by atoms with Crippen molar-refractivity contribution in [2.75, 3.05) is 13.1 Å². The summed E-state index contributed by atoms with van der Waals surface area (Å²) in [6, 6.07) is 0.637. The van der Waals surface area contributed by atoms with E-state index in [4.69, 9.17) is 0 Å². The second-order valence-corrected chi connectivity index (χ2v) is 4.21. The minimum absolute atomic E-state index is 0.150. The Labute approximate surface area is 79.5 Å². The first kappa shape index (κ1) is 8.85. The topological polar surface area (TPSA) is 32.3 Å². The zero-order chi connectivity index (χ0) is 9.26. The Morgan fingerprint density at radius 1 is 1.38 bits per heavy atom. The van der Waals surface area contributed by atoms with E-state index in [9.17, 15) is 4.79 Å². The van der Waals surface area contributed by atoms with Crippen LogP contribution >= 0.6 is 0 Å². The van der Waals surface area contributed by atoms with Crippen molar-refractivity contribution in [1.82, 2.24) is 10.2 Å². The fourth-order valence-corrected chi connectivity index (χ4v) is 1.46. The van der Waals surface area contributed by atoms with Gasteiger partial charge in [0.25, 0.3) is 0 Å². The van der Waals surface area contributed by atoms with Crippen molar-refractivity contribution in [2.24, 2.45) is 5.92 Å². The summed E-state index contributed by atoms with van der Waals surface area (Å²) in [5.74, 6) is 0.796. The molecule has 13 heavy (non-hydrogen) atoms. The number of nitrogens with zero attached hydrogens (tertiary/aromatic N) is 1. The quantitative estimate of drug-likeness (QED) is 0.703. The Bertz CT molecular complexity index is 197. The average Bonchev–Trinajstić information content (AvgIpc) is 2.94. The van der Waals surface area contributed by atoms with E-state index in [2.05, 4.69) is 12.2 Å². The summed E-state index contributed by atoms with van der Waals surface area (Å²) >= 11 is 0. The van der Waals surface area contributed by atoms with Crippen LogP contribution in [0, 0.1) is 5.92 Å². The Morgan fingerprint density at radius 2 is 2.08 bits per heavy atom. The maximum atomic E-state index is 11.6. The van der Waals surface area contributed by atoms with Crippen molar-refractivity contribution >= 4 is 6.03 Å². The molecular weight excluding hydrogens is 164 g/mol. The Balaban J connectivity index is 1.74. The Kier molecular flexibility index (Phi) is 2.42. The highest BCUT2D eigenvalue weighted by Crippen LogP contribution is 2.29. The van der Waals surface area contributed by atoms with Crippen molar-refractivity contribution in [3.05, 3.63) is 0 Å². The van der Waals surface area contributed by atoms with E-state index in [-0.39, 0.29) is 6.03 Å². The number of hydrogen-bond donors (Lipinski definition) is 1. The maximum absolute atomic E-state index is 11.6. The molecule has 2 aliphatic carbocycles. The van der Waals surface area contributed by atoms with Crippen molar-refractivity contribution in [3.63, 3.8) is 0 Å². The van der Waals surface area contributed by atoms with Gasteiger partial charge in [0.15, 0.2) is 0 Å². The first-order chi connectivity index (χ1) is 6.29. The van der Waals surface area contributed by atoms with Gasteiger partial charge in [-0.25, -0.2) is 4.79 Å². The van der Waals surface area contributed by atoms with Crippen LogP contribution in [0.4, 0.5) is 4.79 Å². The molecule has 2 fully saturated rings. The van der Waals surface area contributed by atoms with Gasteiger partial charge in [-0.1, -0.05) is 0 Å². The third-order valence-corrected chi connectivity index (χ3v) is 2.75. The van der Waals surface area contributed by atoms with E-state index in [0.717, 1.165) is 19.0 Å². The first-order valence-corrected chi connectivity index (χ1v) is 5.35. The van der Waals surface area contributed by atoms with Gasteiger partial charge in [0, 0.05) is 19.1 Å². The van der Waals surface area contributed by atoms with Crippen LogP contribution in [0.15, 0.2) is 0 Å². The molecule has 2 amide bonds. The predicted molar refractivity (Wildman–Crippen MR) is 51.5 cm³/mol. The lowest BCUT2D eigenvalue weighted by Crippen LogP contribution is -2.41. The minimum atomic E-state index is 0.150. The van der Waals surface area contributed by atoms with Crippen LogP contribution < -0.4 is 5.32 Å². The van der Waals surface area contributed by atoms with Crippen LogP contribution in [0.2, 0.25) is 0 Å². The van der Waals surface area contributed by atoms with Crippen LogP contribution in [0.25, 0.3) is 0 Å². The van der Waals surface area contributed by atoms with Crippen LogP contribution in [0.1, 0.15) is 32.6 Å². The summed E-state index contributed by atoms with van der Waals surface area (Å²) in [4.78, 5) is 13.5. The fourth-order valence-electron chi connectivity index (χ4n) is 1.46. The number of amides is 2. The monoisotopic (exact) mass is 182 g/mol. The summed E-state index contributed by atoms with van der Waals surface area (Å²) in [6.45, 7) is 3.86. The fraction of sp³-hybridized carbons (Fsp3) is 0.900. The Morgan fingerprint density at radius 3 is 2.54 bits per heavy atom. The number of rotatable bonds is 4. The third kappa shape index (κ3) is 2.61. The van der Waals surface area contributed by atoms with Gasteiger partial charge < -0.3 is 10.2 Å². The van der Waals surface area contributed by atoms with E-state index in [1.54, 1.807) is 0 Å². The molecule has 2 rings (SSSR count). The van der Waals surface area contributed by atoms with E-state index in [1.807, 2.05) is 4.90 Å². The van der Waals surface area contributed by atoms with E-state index in [1.165, 1.54) is 25.7 Å². The second kappa shape index (κ2) is 3.56.